The van der Waals surface area contributed by atoms with E-state index in [0.29, 0.717) is 0 Å². The summed E-state index contributed by atoms with van der Waals surface area (Å²) in [5.41, 5.74) is 8.00. The van der Waals surface area contributed by atoms with Crippen molar-refractivity contribution in [1.82, 2.24) is 0 Å². The molecule has 0 saturated carbocycles. The molecule has 0 atom stereocenters. The summed E-state index contributed by atoms with van der Waals surface area (Å²) in [6, 6.07) is 26.3. The number of benzene rings is 3. The van der Waals surface area contributed by atoms with Crippen LogP contribution in [-0.2, 0) is 5.41 Å². The molecule has 0 amide bonds. The summed E-state index contributed by atoms with van der Waals surface area (Å²) in [5, 5.41) is 3.46. The van der Waals surface area contributed by atoms with Gasteiger partial charge >= 0.3 is 0 Å². The number of anilines is 1. The summed E-state index contributed by atoms with van der Waals surface area (Å²) in [7, 11) is 2.02. The average molecular weight is 344 g/mol. The number of aryl methyl sites for hydroxylation is 1. The van der Waals surface area contributed by atoms with Crippen LogP contribution in [0.2, 0.25) is 0 Å². The Morgan fingerprint density at radius 3 is 1.69 bits per heavy atom. The summed E-state index contributed by atoms with van der Waals surface area (Å²) >= 11 is 0. The Hall–Kier alpha value is -2.54. The largest absolute Gasteiger partial charge is 0.388 e. The molecule has 0 radical (unpaired) electrons. The lowest BCUT2D eigenvalue weighted by Crippen LogP contribution is -2.15. The third-order valence-corrected chi connectivity index (χ3v) is 5.06. The Balaban J connectivity index is 2.29. The van der Waals surface area contributed by atoms with Crippen molar-refractivity contribution in [1.29, 1.82) is 0 Å². The van der Waals surface area contributed by atoms with Gasteiger partial charge in [0.1, 0.15) is 0 Å². The van der Waals surface area contributed by atoms with E-state index in [4.69, 9.17) is 0 Å². The van der Waals surface area contributed by atoms with Gasteiger partial charge in [-0.1, -0.05) is 93.6 Å². The highest BCUT2D eigenvalue weighted by Gasteiger charge is 2.24. The fraction of sp³-hybridized carbons (Fsp3) is 0.280. The Labute approximate surface area is 158 Å². The minimum absolute atomic E-state index is 0.115. The molecule has 0 saturated heterocycles. The zero-order chi connectivity index (χ0) is 18.7. The van der Waals surface area contributed by atoms with Crippen LogP contribution < -0.4 is 5.32 Å². The van der Waals surface area contributed by atoms with E-state index in [1.54, 1.807) is 0 Å². The first kappa shape index (κ1) is 18.3. The van der Waals surface area contributed by atoms with Gasteiger partial charge in [0.25, 0.3) is 0 Å². The highest BCUT2D eigenvalue weighted by atomic mass is 14.8. The van der Waals surface area contributed by atoms with E-state index in [1.807, 2.05) is 7.05 Å². The molecule has 26 heavy (non-hydrogen) atoms. The first-order chi connectivity index (χ1) is 12.4. The topological polar surface area (TPSA) is 12.0 Å². The van der Waals surface area contributed by atoms with E-state index >= 15 is 0 Å². The van der Waals surface area contributed by atoms with Gasteiger partial charge in [-0.15, -0.1) is 0 Å². The average Bonchev–Trinajstić information content (AvgIpc) is 2.63. The second-order valence-corrected chi connectivity index (χ2v) is 8.01. The van der Waals surface area contributed by atoms with Gasteiger partial charge in [0, 0.05) is 18.7 Å². The molecule has 0 unspecified atom stereocenters. The minimum Gasteiger partial charge on any atom is -0.388 e. The van der Waals surface area contributed by atoms with Crippen LogP contribution in [0.25, 0.3) is 0 Å². The van der Waals surface area contributed by atoms with Crippen molar-refractivity contribution < 1.29 is 0 Å². The summed E-state index contributed by atoms with van der Waals surface area (Å²) in [6.07, 6.45) is 0. The molecule has 0 aromatic heterocycles. The van der Waals surface area contributed by atoms with E-state index in [2.05, 4.69) is 106 Å². The quantitative estimate of drug-likeness (QED) is 0.532. The third-order valence-electron chi connectivity index (χ3n) is 5.06. The maximum absolute atomic E-state index is 3.46. The van der Waals surface area contributed by atoms with Crippen molar-refractivity contribution in [2.24, 2.45) is 0 Å². The standard InChI is InChI=1S/C25H29N/c1-18-16-21(25(2,3)4)17-22(24(18)26-5)23(19-12-8-6-9-13-19)20-14-10-7-11-15-20/h6-17,23,26H,1-5H3. The van der Waals surface area contributed by atoms with Gasteiger partial charge in [-0.2, -0.15) is 0 Å². The maximum Gasteiger partial charge on any atom is 0.0409 e. The lowest BCUT2D eigenvalue weighted by molar-refractivity contribution is 0.588. The van der Waals surface area contributed by atoms with Gasteiger partial charge in [-0.25, -0.2) is 0 Å². The fourth-order valence-corrected chi connectivity index (χ4v) is 3.66. The smallest absolute Gasteiger partial charge is 0.0409 e. The minimum atomic E-state index is 0.115. The molecule has 0 aliphatic carbocycles. The number of hydrogen-bond donors (Lipinski definition) is 1. The molecule has 0 aliphatic heterocycles. The first-order valence-electron chi connectivity index (χ1n) is 9.34. The molecule has 3 rings (SSSR count). The molecule has 0 aliphatic rings. The Morgan fingerprint density at radius 2 is 1.27 bits per heavy atom. The molecule has 0 spiro atoms. The maximum atomic E-state index is 3.46. The van der Waals surface area contributed by atoms with Crippen LogP contribution >= 0.6 is 0 Å². The number of nitrogens with one attached hydrogen (secondary N) is 1. The van der Waals surface area contributed by atoms with Gasteiger partial charge in [0.05, 0.1) is 0 Å². The predicted molar refractivity (Wildman–Crippen MR) is 113 cm³/mol. The number of rotatable bonds is 4. The van der Waals surface area contributed by atoms with Gasteiger partial charge in [0.2, 0.25) is 0 Å². The van der Waals surface area contributed by atoms with Gasteiger partial charge in [-0.3, -0.25) is 0 Å². The van der Waals surface area contributed by atoms with Crippen LogP contribution in [0.3, 0.4) is 0 Å². The summed E-state index contributed by atoms with van der Waals surface area (Å²) in [5.74, 6) is 0.209. The monoisotopic (exact) mass is 343 g/mol. The summed E-state index contributed by atoms with van der Waals surface area (Å²) in [6.45, 7) is 9.05. The van der Waals surface area contributed by atoms with Crippen LogP contribution in [0, 0.1) is 6.92 Å². The van der Waals surface area contributed by atoms with Crippen LogP contribution in [0.4, 0.5) is 5.69 Å². The molecule has 0 fully saturated rings. The first-order valence-corrected chi connectivity index (χ1v) is 9.34. The Bertz CT molecular complexity index is 818. The highest BCUT2D eigenvalue weighted by molar-refractivity contribution is 5.64. The van der Waals surface area contributed by atoms with Crippen LogP contribution in [0.15, 0.2) is 72.8 Å². The second-order valence-electron chi connectivity index (χ2n) is 8.01. The summed E-state index contributed by atoms with van der Waals surface area (Å²) in [4.78, 5) is 0. The molecule has 1 N–H and O–H groups in total. The van der Waals surface area contributed by atoms with Gasteiger partial charge < -0.3 is 5.32 Å². The Morgan fingerprint density at radius 1 is 0.769 bits per heavy atom. The van der Waals surface area contributed by atoms with E-state index in [1.165, 1.54) is 33.5 Å². The molecule has 1 nitrogen and oxygen atoms in total. The van der Waals surface area contributed by atoms with Crippen molar-refractivity contribution in [2.75, 3.05) is 12.4 Å². The van der Waals surface area contributed by atoms with E-state index in [0.717, 1.165) is 0 Å². The van der Waals surface area contributed by atoms with E-state index < -0.39 is 0 Å². The molecule has 0 heterocycles. The molecule has 134 valence electrons. The van der Waals surface area contributed by atoms with E-state index in [9.17, 15) is 0 Å². The molecular weight excluding hydrogens is 314 g/mol. The molecule has 1 heteroatoms. The van der Waals surface area contributed by atoms with Crippen molar-refractivity contribution in [2.45, 2.75) is 39.0 Å². The molecule has 3 aromatic carbocycles. The van der Waals surface area contributed by atoms with Gasteiger partial charge in [-0.05, 0) is 40.2 Å². The van der Waals surface area contributed by atoms with Crippen molar-refractivity contribution >= 4 is 5.69 Å². The Kier molecular flexibility index (Phi) is 5.18. The fourth-order valence-electron chi connectivity index (χ4n) is 3.66. The lowest BCUT2D eigenvalue weighted by atomic mass is 9.78. The van der Waals surface area contributed by atoms with E-state index in [-0.39, 0.29) is 11.3 Å². The third kappa shape index (κ3) is 3.67. The van der Waals surface area contributed by atoms with Crippen molar-refractivity contribution in [3.05, 3.63) is 101 Å². The van der Waals surface area contributed by atoms with Crippen LogP contribution in [0.5, 0.6) is 0 Å². The summed E-state index contributed by atoms with van der Waals surface area (Å²) < 4.78 is 0. The molecule has 0 bridgehead atoms. The van der Waals surface area contributed by atoms with Crippen LogP contribution in [-0.4, -0.2) is 7.05 Å². The zero-order valence-electron chi connectivity index (χ0n) is 16.5. The second kappa shape index (κ2) is 7.37. The zero-order valence-corrected chi connectivity index (χ0v) is 16.5. The number of hydrogen-bond acceptors (Lipinski definition) is 1. The molecule has 3 aromatic rings. The molecular formula is C25H29N. The van der Waals surface area contributed by atoms with Crippen LogP contribution in [0.1, 0.15) is 54.5 Å². The van der Waals surface area contributed by atoms with Crippen molar-refractivity contribution in [3.63, 3.8) is 0 Å². The normalized spacial score (nSPS) is 11.6. The predicted octanol–water partition coefficient (Wildman–Crippen LogP) is 6.51. The highest BCUT2D eigenvalue weighted by Crippen LogP contribution is 2.40. The van der Waals surface area contributed by atoms with Gasteiger partial charge in [0.15, 0.2) is 0 Å². The van der Waals surface area contributed by atoms with Crippen molar-refractivity contribution in [3.8, 4) is 0 Å². The lowest BCUT2D eigenvalue weighted by Gasteiger charge is -2.27. The SMILES string of the molecule is CNc1c(C)cc(C(C)(C)C)cc1C(c1ccccc1)c1ccccc1.